The number of unbranched alkanes of at least 4 members (excludes halogenated alkanes) is 2. The molecule has 0 fully saturated rings. The average molecular weight is 576 g/mol. The Balaban J connectivity index is 1.55. The molecule has 8 bridgehead atoms. The lowest BCUT2D eigenvalue weighted by molar-refractivity contribution is -0.116. The van der Waals surface area contributed by atoms with E-state index in [0.29, 0.717) is 23.5 Å². The van der Waals surface area contributed by atoms with Crippen molar-refractivity contribution >= 4 is 58.0 Å². The summed E-state index contributed by atoms with van der Waals surface area (Å²) in [5, 5.41) is 3.19. The van der Waals surface area contributed by atoms with Crippen molar-refractivity contribution in [2.24, 2.45) is 0 Å². The van der Waals surface area contributed by atoms with Gasteiger partial charge in [0.2, 0.25) is 5.91 Å². The van der Waals surface area contributed by atoms with Crippen molar-refractivity contribution in [3.05, 3.63) is 114 Å². The molecule has 0 aliphatic carbocycles. The highest BCUT2D eigenvalue weighted by Gasteiger charge is 2.18. The summed E-state index contributed by atoms with van der Waals surface area (Å²) in [5.74, 6) is -0.0324. The molecule has 0 atom stereocenters. The van der Waals surface area contributed by atoms with Crippen LogP contribution in [0.5, 0.6) is 0 Å². The summed E-state index contributed by atoms with van der Waals surface area (Å²) in [6, 6.07) is 31.0. The molecule has 216 valence electrons. The van der Waals surface area contributed by atoms with Crippen molar-refractivity contribution in [3.8, 4) is 22.3 Å². The first-order valence-corrected chi connectivity index (χ1v) is 15.2. The Kier molecular flexibility index (Phi) is 7.47. The average Bonchev–Trinajstić information content (AvgIpc) is 3.87. The monoisotopic (exact) mass is 575 g/mol. The summed E-state index contributed by atoms with van der Waals surface area (Å²) in [5.41, 5.74) is 11.5. The van der Waals surface area contributed by atoms with Crippen LogP contribution >= 0.6 is 0 Å². The molecule has 0 saturated heterocycles. The van der Waals surface area contributed by atoms with Crippen LogP contribution < -0.4 is 5.32 Å². The number of amides is 1. The summed E-state index contributed by atoms with van der Waals surface area (Å²) in [4.78, 5) is 30.6. The Morgan fingerprint density at radius 2 is 1.14 bits per heavy atom. The highest BCUT2D eigenvalue weighted by molar-refractivity contribution is 6.00. The minimum atomic E-state index is -0.0324. The van der Waals surface area contributed by atoms with Crippen molar-refractivity contribution in [2.75, 3.05) is 5.32 Å². The molecule has 2 aliphatic rings. The second-order valence-corrected chi connectivity index (χ2v) is 11.1. The molecule has 2 aromatic carbocycles. The number of carbonyl (C=O) groups is 1. The molecule has 3 aromatic heterocycles. The molecule has 0 unspecified atom stereocenters. The van der Waals surface area contributed by atoms with E-state index in [2.05, 4.69) is 76.8 Å². The van der Waals surface area contributed by atoms with Gasteiger partial charge in [0, 0.05) is 39.6 Å². The summed E-state index contributed by atoms with van der Waals surface area (Å²) < 4.78 is 0. The molecule has 5 heterocycles. The maximum Gasteiger partial charge on any atom is 0.224 e. The molecular weight excluding hydrogens is 542 g/mol. The molecule has 6 nitrogen and oxygen atoms in total. The standard InChI is InChI=1S/C38H33N5O/c1-2-3-6-15-35(44)43-38-33-22-20-31(41-33)36(25-11-7-4-8-12-25)29-18-16-27(39-29)24-28-17-19-30(40-28)37(26-13-9-5-10-14-26)32-21-23-34(38)42-32/h4-5,7-14,16-24,39-40H,2-3,6,15H2,1H3,(H,43,44). The van der Waals surface area contributed by atoms with Crippen LogP contribution in [0, 0.1) is 0 Å². The normalized spacial score (nSPS) is 12.0. The Morgan fingerprint density at radius 3 is 1.64 bits per heavy atom. The number of aromatic amines is 2. The molecule has 7 rings (SSSR count). The minimum absolute atomic E-state index is 0.0324. The summed E-state index contributed by atoms with van der Waals surface area (Å²) >= 11 is 0. The van der Waals surface area contributed by atoms with Gasteiger partial charge in [-0.2, -0.15) is 0 Å². The zero-order valence-electron chi connectivity index (χ0n) is 24.6. The molecule has 2 aliphatic heterocycles. The van der Waals surface area contributed by atoms with E-state index in [4.69, 9.17) is 9.97 Å². The lowest BCUT2D eigenvalue weighted by Crippen LogP contribution is -2.13. The van der Waals surface area contributed by atoms with Gasteiger partial charge in [0.15, 0.2) is 0 Å². The van der Waals surface area contributed by atoms with E-state index in [9.17, 15) is 4.79 Å². The molecule has 44 heavy (non-hydrogen) atoms. The van der Waals surface area contributed by atoms with Gasteiger partial charge in [0.05, 0.1) is 28.5 Å². The quantitative estimate of drug-likeness (QED) is 0.165. The third-order valence-corrected chi connectivity index (χ3v) is 7.97. The van der Waals surface area contributed by atoms with Crippen LogP contribution in [-0.4, -0.2) is 25.8 Å². The van der Waals surface area contributed by atoms with Gasteiger partial charge in [0.25, 0.3) is 0 Å². The van der Waals surface area contributed by atoms with E-state index in [1.54, 1.807) is 0 Å². The van der Waals surface area contributed by atoms with Crippen molar-refractivity contribution in [1.29, 1.82) is 0 Å². The smallest absolute Gasteiger partial charge is 0.224 e. The van der Waals surface area contributed by atoms with Gasteiger partial charge in [-0.15, -0.1) is 0 Å². The van der Waals surface area contributed by atoms with Crippen LogP contribution in [0.3, 0.4) is 0 Å². The number of nitrogens with one attached hydrogen (secondary N) is 3. The lowest BCUT2D eigenvalue weighted by Gasteiger charge is -2.08. The Labute approximate surface area is 256 Å². The zero-order valence-corrected chi connectivity index (χ0v) is 24.6. The Morgan fingerprint density at radius 1 is 0.636 bits per heavy atom. The molecule has 3 N–H and O–H groups in total. The second kappa shape index (κ2) is 12.0. The summed E-state index contributed by atoms with van der Waals surface area (Å²) in [6.45, 7) is 2.14. The van der Waals surface area contributed by atoms with Crippen molar-refractivity contribution in [1.82, 2.24) is 19.9 Å². The summed E-state index contributed by atoms with van der Waals surface area (Å²) in [6.07, 6.45) is 11.3. The number of hydrogen-bond acceptors (Lipinski definition) is 3. The first kappa shape index (κ1) is 27.3. The van der Waals surface area contributed by atoms with Crippen LogP contribution in [0.15, 0.2) is 91.0 Å². The fourth-order valence-electron chi connectivity index (χ4n) is 5.82. The van der Waals surface area contributed by atoms with Gasteiger partial charge in [-0.1, -0.05) is 80.4 Å². The number of carbonyl (C=O) groups excluding carboxylic acids is 1. The number of benzene rings is 2. The number of rotatable bonds is 7. The molecule has 1 amide bonds. The highest BCUT2D eigenvalue weighted by atomic mass is 16.1. The fourth-order valence-corrected chi connectivity index (χ4v) is 5.82. The molecule has 0 radical (unpaired) electrons. The van der Waals surface area contributed by atoms with E-state index in [-0.39, 0.29) is 5.91 Å². The Bertz CT molecular complexity index is 1930. The molecule has 6 heteroatoms. The van der Waals surface area contributed by atoms with Gasteiger partial charge < -0.3 is 15.3 Å². The second-order valence-electron chi connectivity index (χ2n) is 11.1. The number of H-pyrrole nitrogens is 2. The van der Waals surface area contributed by atoms with Crippen LogP contribution in [0.2, 0.25) is 0 Å². The number of fused-ring (bicyclic) bond motifs is 8. The Hall–Kier alpha value is -5.49. The molecule has 5 aromatic rings. The SMILES string of the molecule is CCCCCC(=O)Nc1c2nc(c(-c3ccccc3)c3ccc(cc4ccc([nH]4)c(-c4ccccc4)c4nc1C=C4)[nH]3)C=C2. The first-order chi connectivity index (χ1) is 21.7. The van der Waals surface area contributed by atoms with Crippen LogP contribution in [0.25, 0.3) is 68.6 Å². The van der Waals surface area contributed by atoms with Gasteiger partial charge in [-0.05, 0) is 72.2 Å². The van der Waals surface area contributed by atoms with E-state index < -0.39 is 0 Å². The summed E-state index contributed by atoms with van der Waals surface area (Å²) in [7, 11) is 0. The minimum Gasteiger partial charge on any atom is -0.355 e. The number of nitrogens with zero attached hydrogens (tertiary/aromatic N) is 2. The topological polar surface area (TPSA) is 86.5 Å². The third-order valence-electron chi connectivity index (χ3n) is 7.97. The van der Waals surface area contributed by atoms with Gasteiger partial charge in [-0.25, -0.2) is 9.97 Å². The predicted octanol–water partition coefficient (Wildman–Crippen LogP) is 9.51. The van der Waals surface area contributed by atoms with E-state index in [0.717, 1.165) is 75.0 Å². The van der Waals surface area contributed by atoms with Crippen molar-refractivity contribution in [3.63, 3.8) is 0 Å². The molecular formula is C38H33N5O. The van der Waals surface area contributed by atoms with Crippen molar-refractivity contribution < 1.29 is 4.79 Å². The number of aromatic nitrogens is 4. The van der Waals surface area contributed by atoms with Crippen molar-refractivity contribution in [2.45, 2.75) is 32.6 Å². The number of hydrogen-bond donors (Lipinski definition) is 3. The highest BCUT2D eigenvalue weighted by Crippen LogP contribution is 2.35. The van der Waals surface area contributed by atoms with Gasteiger partial charge in [0.1, 0.15) is 0 Å². The zero-order chi connectivity index (χ0) is 29.9. The van der Waals surface area contributed by atoms with Crippen LogP contribution in [0.4, 0.5) is 5.69 Å². The molecule has 0 saturated carbocycles. The maximum absolute atomic E-state index is 13.2. The van der Waals surface area contributed by atoms with Crippen LogP contribution in [0.1, 0.15) is 55.4 Å². The molecule has 0 spiro atoms. The predicted molar refractivity (Wildman–Crippen MR) is 183 cm³/mol. The van der Waals surface area contributed by atoms with Gasteiger partial charge >= 0.3 is 0 Å². The van der Waals surface area contributed by atoms with Gasteiger partial charge in [-0.3, -0.25) is 4.79 Å². The van der Waals surface area contributed by atoms with E-state index >= 15 is 0 Å². The lowest BCUT2D eigenvalue weighted by atomic mass is 10.0. The third kappa shape index (κ3) is 5.50. The number of anilines is 1. The first-order valence-electron chi connectivity index (χ1n) is 15.2. The fraction of sp³-hybridized carbons (Fsp3) is 0.132. The largest absolute Gasteiger partial charge is 0.355 e. The van der Waals surface area contributed by atoms with E-state index in [1.807, 2.05) is 60.7 Å². The maximum atomic E-state index is 13.2. The van der Waals surface area contributed by atoms with E-state index in [1.165, 1.54) is 0 Å². The van der Waals surface area contributed by atoms with Crippen LogP contribution in [-0.2, 0) is 4.79 Å².